The number of para-hydroxylation sites is 3. The predicted octanol–water partition coefficient (Wildman–Crippen LogP) is 12.8. The van der Waals surface area contributed by atoms with Crippen molar-refractivity contribution in [3.05, 3.63) is 163 Å². The third kappa shape index (κ3) is 8.04. The van der Waals surface area contributed by atoms with E-state index >= 15 is 0 Å². The number of nitrogens with zero attached hydrogens (tertiary/aromatic N) is 4. The number of hydrogen-bond donors (Lipinski definition) is 0. The minimum absolute atomic E-state index is 0. The van der Waals surface area contributed by atoms with E-state index in [2.05, 4.69) is 146 Å². The van der Waals surface area contributed by atoms with E-state index in [1.54, 1.807) is 0 Å². The van der Waals surface area contributed by atoms with Crippen LogP contribution >= 0.6 is 0 Å². The minimum Gasteiger partial charge on any atom is 0 e. The van der Waals surface area contributed by atoms with Gasteiger partial charge in [-0.15, -0.1) is 18.2 Å². The standard InChI is InChI=1S/C36H30N3O.C14H16GeN.Ir/c1-22(2)25-14-10-15-26(23(3)4)33(25)39-32-19-9-8-18-31(32)37-35(39)29-17-11-16-27-28-20-21-30(24-12-6-5-7-13-24)38-36(28)40-34(27)29;1-15(2,3)13-9-10-14(16-11-13)12-7-5-4-6-8-12;/h5-16,18-23H,1-4H3;4-7,9-11H,1-3H3;/q2*-1;. The number of furan rings is 1. The summed E-state index contributed by atoms with van der Waals surface area (Å²) in [7, 11) is 0. The summed E-state index contributed by atoms with van der Waals surface area (Å²) in [5, 5.41) is 1.99. The van der Waals surface area contributed by atoms with Crippen molar-refractivity contribution in [3.8, 4) is 39.6 Å². The van der Waals surface area contributed by atoms with Gasteiger partial charge < -0.3 is 8.98 Å². The molecule has 0 saturated heterocycles. The summed E-state index contributed by atoms with van der Waals surface area (Å²) in [5.41, 5.74) is 12.0. The van der Waals surface area contributed by atoms with Crippen LogP contribution in [0.2, 0.25) is 17.3 Å². The SMILES string of the molecule is CC(C)c1cccc(C(C)C)c1-n1c(-c2[c-]ccc3c2oc2nc(-c4ccccc4)ccc23)nc2ccccc21.[CH3][Ge]([CH3])([CH3])[c]1ccc(-c2[c-]cccc2)nc1.[Ir]. The number of aromatic nitrogens is 4. The van der Waals surface area contributed by atoms with E-state index in [1.807, 2.05) is 60.8 Å². The molecule has 0 atom stereocenters. The first kappa shape index (κ1) is 40.1. The van der Waals surface area contributed by atoms with Gasteiger partial charge in [-0.1, -0.05) is 99.3 Å². The van der Waals surface area contributed by atoms with Crippen LogP contribution in [0.3, 0.4) is 0 Å². The zero-order chi connectivity index (χ0) is 39.0. The Hall–Kier alpha value is -5.14. The zero-order valence-corrected chi connectivity index (χ0v) is 38.0. The first-order chi connectivity index (χ1) is 27.1. The van der Waals surface area contributed by atoms with Crippen molar-refractivity contribution in [2.45, 2.75) is 56.8 Å². The van der Waals surface area contributed by atoms with Crippen LogP contribution in [0.1, 0.15) is 50.7 Å². The molecule has 5 nitrogen and oxygen atoms in total. The number of benzene rings is 5. The monoisotopic (exact) mass is 985 g/mol. The Morgan fingerprint density at radius 3 is 2.00 bits per heavy atom. The van der Waals surface area contributed by atoms with Gasteiger partial charge in [0.2, 0.25) is 5.71 Å². The maximum absolute atomic E-state index is 6.55. The Bertz CT molecular complexity index is 2760. The largest absolute Gasteiger partial charge is 0 e. The summed E-state index contributed by atoms with van der Waals surface area (Å²) >= 11 is -1.72. The molecule has 0 amide bonds. The molecule has 0 spiro atoms. The smallest absolute Gasteiger partial charge is 0 e. The van der Waals surface area contributed by atoms with E-state index in [9.17, 15) is 0 Å². The second kappa shape index (κ2) is 16.8. The second-order valence-corrected chi connectivity index (χ2v) is 26.6. The van der Waals surface area contributed by atoms with Crippen LogP contribution in [0.5, 0.6) is 0 Å². The summed E-state index contributed by atoms with van der Waals surface area (Å²) in [5.74, 6) is 8.65. The third-order valence-corrected chi connectivity index (χ3v) is 14.6. The number of imidazole rings is 1. The van der Waals surface area contributed by atoms with Crippen LogP contribution in [-0.4, -0.2) is 32.8 Å². The Kier molecular flexibility index (Phi) is 11.8. The normalized spacial score (nSPS) is 11.6. The average Bonchev–Trinajstić information content (AvgIpc) is 3.79. The molecule has 0 aliphatic heterocycles. The quantitative estimate of drug-likeness (QED) is 0.118. The van der Waals surface area contributed by atoms with Crippen molar-refractivity contribution in [1.29, 1.82) is 0 Å². The molecule has 0 fully saturated rings. The molecule has 4 aromatic heterocycles. The fraction of sp³-hybridized carbons (Fsp3) is 0.180. The van der Waals surface area contributed by atoms with Gasteiger partial charge in [0.15, 0.2) is 0 Å². The molecule has 1 radical (unpaired) electrons. The Labute approximate surface area is 352 Å². The van der Waals surface area contributed by atoms with E-state index in [-0.39, 0.29) is 20.1 Å². The van der Waals surface area contributed by atoms with Gasteiger partial charge in [-0.05, 0) is 47.2 Å². The molecular weight excluding hydrogens is 937 g/mol. The van der Waals surface area contributed by atoms with Gasteiger partial charge in [0.1, 0.15) is 0 Å². The van der Waals surface area contributed by atoms with Crippen molar-refractivity contribution in [2.24, 2.45) is 0 Å². The van der Waals surface area contributed by atoms with E-state index in [1.165, 1.54) is 21.2 Å². The summed E-state index contributed by atoms with van der Waals surface area (Å²) in [6.45, 7) is 9.02. The molecule has 9 rings (SSSR count). The van der Waals surface area contributed by atoms with Crippen LogP contribution in [0.15, 0.2) is 144 Å². The molecular formula is C50H46GeIrN4O-2. The molecule has 0 N–H and O–H groups in total. The van der Waals surface area contributed by atoms with Crippen LogP contribution < -0.4 is 4.40 Å². The molecule has 9 aromatic rings. The average molecular weight is 984 g/mol. The van der Waals surface area contributed by atoms with Gasteiger partial charge in [-0.3, -0.25) is 4.98 Å². The van der Waals surface area contributed by atoms with Crippen molar-refractivity contribution in [2.75, 3.05) is 0 Å². The maximum atomic E-state index is 6.55. The fourth-order valence-electron chi connectivity index (χ4n) is 7.30. The van der Waals surface area contributed by atoms with Crippen LogP contribution in [0, 0.1) is 12.1 Å². The van der Waals surface area contributed by atoms with Gasteiger partial charge in [0.25, 0.3) is 0 Å². The van der Waals surface area contributed by atoms with E-state index < -0.39 is 13.3 Å². The molecule has 0 unspecified atom stereocenters. The topological polar surface area (TPSA) is 56.7 Å². The number of pyridine rings is 2. The summed E-state index contributed by atoms with van der Waals surface area (Å²) in [4.78, 5) is 14.6. The van der Waals surface area contributed by atoms with Crippen LogP contribution in [0.4, 0.5) is 0 Å². The van der Waals surface area contributed by atoms with Gasteiger partial charge in [0.05, 0.1) is 28.1 Å². The molecule has 57 heavy (non-hydrogen) atoms. The van der Waals surface area contributed by atoms with Gasteiger partial charge in [0, 0.05) is 36.7 Å². The Morgan fingerprint density at radius 2 is 1.33 bits per heavy atom. The number of rotatable bonds is 7. The fourth-order valence-corrected chi connectivity index (χ4v) is 9.47. The van der Waals surface area contributed by atoms with E-state index in [0.717, 1.165) is 61.3 Å². The Morgan fingerprint density at radius 1 is 0.632 bits per heavy atom. The first-order valence-corrected chi connectivity index (χ1v) is 26.8. The van der Waals surface area contributed by atoms with E-state index in [4.69, 9.17) is 14.4 Å². The molecule has 7 heteroatoms. The van der Waals surface area contributed by atoms with E-state index in [0.29, 0.717) is 17.5 Å². The summed E-state index contributed by atoms with van der Waals surface area (Å²) in [6.07, 6.45) is 2.04. The molecule has 0 saturated carbocycles. The summed E-state index contributed by atoms with van der Waals surface area (Å²) < 4.78 is 10.3. The third-order valence-electron chi connectivity index (χ3n) is 10.3. The number of hydrogen-bond acceptors (Lipinski definition) is 4. The van der Waals surface area contributed by atoms with Crippen LogP contribution in [-0.2, 0) is 20.1 Å². The van der Waals surface area contributed by atoms with Crippen molar-refractivity contribution in [3.63, 3.8) is 0 Å². The van der Waals surface area contributed by atoms with Gasteiger partial charge in [-0.2, -0.15) is 0 Å². The number of fused-ring (bicyclic) bond motifs is 4. The van der Waals surface area contributed by atoms with Gasteiger partial charge >= 0.3 is 99.8 Å². The van der Waals surface area contributed by atoms with Crippen molar-refractivity contribution in [1.82, 2.24) is 19.5 Å². The second-order valence-electron chi connectivity index (χ2n) is 15.9. The van der Waals surface area contributed by atoms with Crippen molar-refractivity contribution < 1.29 is 24.5 Å². The maximum Gasteiger partial charge on any atom is 0 e. The molecule has 0 aliphatic carbocycles. The molecule has 0 aliphatic rings. The first-order valence-electron chi connectivity index (χ1n) is 19.4. The van der Waals surface area contributed by atoms with Crippen molar-refractivity contribution >= 4 is 50.8 Å². The predicted molar refractivity (Wildman–Crippen MR) is 236 cm³/mol. The molecule has 5 aromatic carbocycles. The molecule has 287 valence electrons. The summed E-state index contributed by atoms with van der Waals surface area (Å²) in [6, 6.07) is 52.4. The Balaban J connectivity index is 0.000000246. The van der Waals surface area contributed by atoms with Crippen LogP contribution in [0.25, 0.3) is 72.7 Å². The minimum atomic E-state index is -1.72. The van der Waals surface area contributed by atoms with Gasteiger partial charge in [-0.25, -0.2) is 4.98 Å². The molecule has 4 heterocycles. The molecule has 0 bridgehead atoms. The zero-order valence-electron chi connectivity index (χ0n) is 33.5.